The molecule has 3 rings (SSSR count). The minimum atomic E-state index is -0.352. The lowest BCUT2D eigenvalue weighted by molar-refractivity contribution is -0.137. The Kier molecular flexibility index (Phi) is 5.06. The highest BCUT2D eigenvalue weighted by Gasteiger charge is 2.29. The molecule has 1 aliphatic heterocycles. The number of carbonyl (C=O) groups excluding carboxylic acids is 2. The lowest BCUT2D eigenvalue weighted by atomic mass is 9.90. The molecule has 1 saturated carbocycles. The molecule has 1 heterocycles. The van der Waals surface area contributed by atoms with Gasteiger partial charge in [-0.2, -0.15) is 0 Å². The van der Waals surface area contributed by atoms with Gasteiger partial charge < -0.3 is 9.64 Å². The van der Waals surface area contributed by atoms with Gasteiger partial charge in [-0.1, -0.05) is 0 Å². The summed E-state index contributed by atoms with van der Waals surface area (Å²) in [6.45, 7) is 1.88. The highest BCUT2D eigenvalue weighted by atomic mass is 19.1. The van der Waals surface area contributed by atoms with Gasteiger partial charge in [-0.3, -0.25) is 9.59 Å². The van der Waals surface area contributed by atoms with Gasteiger partial charge in [0.25, 0.3) is 0 Å². The molecule has 0 aromatic heterocycles. The van der Waals surface area contributed by atoms with Gasteiger partial charge in [-0.15, -0.1) is 0 Å². The van der Waals surface area contributed by atoms with Gasteiger partial charge in [0.1, 0.15) is 12.4 Å². The number of amides is 1. The topological polar surface area (TPSA) is 46.6 Å². The molecule has 1 aromatic carbocycles. The van der Waals surface area contributed by atoms with Gasteiger partial charge >= 0.3 is 0 Å². The van der Waals surface area contributed by atoms with Gasteiger partial charge in [-0.05, 0) is 55.9 Å². The van der Waals surface area contributed by atoms with Crippen LogP contribution in [-0.2, 0) is 9.53 Å². The Morgan fingerprint density at radius 3 is 2.61 bits per heavy atom. The fourth-order valence-corrected chi connectivity index (χ4v) is 2.96. The van der Waals surface area contributed by atoms with Crippen LogP contribution >= 0.6 is 0 Å². The van der Waals surface area contributed by atoms with E-state index in [0.717, 1.165) is 12.8 Å². The molecular weight excluding hydrogens is 297 g/mol. The van der Waals surface area contributed by atoms with E-state index in [1.165, 1.54) is 37.1 Å². The number of halogens is 1. The predicted molar refractivity (Wildman–Crippen MR) is 83.6 cm³/mol. The van der Waals surface area contributed by atoms with Gasteiger partial charge in [0.05, 0.1) is 6.61 Å². The second kappa shape index (κ2) is 7.21. The quantitative estimate of drug-likeness (QED) is 0.757. The second-order valence-corrected chi connectivity index (χ2v) is 6.51. The van der Waals surface area contributed by atoms with Crippen molar-refractivity contribution >= 4 is 11.7 Å². The lowest BCUT2D eigenvalue weighted by Gasteiger charge is -2.32. The highest BCUT2D eigenvalue weighted by molar-refractivity contribution is 5.98. The Labute approximate surface area is 135 Å². The van der Waals surface area contributed by atoms with E-state index in [-0.39, 0.29) is 30.0 Å². The van der Waals surface area contributed by atoms with Crippen LogP contribution in [0.3, 0.4) is 0 Å². The second-order valence-electron chi connectivity index (χ2n) is 6.51. The fraction of sp³-hybridized carbons (Fsp3) is 0.556. The molecule has 0 spiro atoms. The average molecular weight is 319 g/mol. The summed E-state index contributed by atoms with van der Waals surface area (Å²) in [4.78, 5) is 26.4. The van der Waals surface area contributed by atoms with Crippen molar-refractivity contribution in [3.8, 4) is 0 Å². The molecule has 5 heteroatoms. The maximum absolute atomic E-state index is 13.0. The maximum Gasteiger partial charge on any atom is 0.248 e. The maximum atomic E-state index is 13.0. The van der Waals surface area contributed by atoms with E-state index in [1.807, 2.05) is 0 Å². The van der Waals surface area contributed by atoms with Crippen LogP contribution in [0.5, 0.6) is 0 Å². The molecule has 1 amide bonds. The molecule has 23 heavy (non-hydrogen) atoms. The van der Waals surface area contributed by atoms with Crippen molar-refractivity contribution in [3.05, 3.63) is 35.6 Å². The number of benzene rings is 1. The zero-order valence-electron chi connectivity index (χ0n) is 13.2. The summed E-state index contributed by atoms with van der Waals surface area (Å²) in [5.74, 6) is 0.0250. The number of Topliss-reactive ketones (excluding diaryl/α,β-unsaturated/α-hetero) is 1. The van der Waals surface area contributed by atoms with Crippen LogP contribution < -0.4 is 0 Å². The molecule has 4 nitrogen and oxygen atoms in total. The Morgan fingerprint density at radius 1 is 1.17 bits per heavy atom. The summed E-state index contributed by atoms with van der Waals surface area (Å²) >= 11 is 0. The molecule has 124 valence electrons. The zero-order chi connectivity index (χ0) is 16.2. The Balaban J connectivity index is 1.53. The molecule has 0 bridgehead atoms. The molecule has 0 unspecified atom stereocenters. The van der Waals surface area contributed by atoms with Crippen LogP contribution in [0, 0.1) is 17.7 Å². The van der Waals surface area contributed by atoms with Gasteiger partial charge in [-0.25, -0.2) is 4.39 Å². The van der Waals surface area contributed by atoms with E-state index < -0.39 is 0 Å². The first-order valence-corrected chi connectivity index (χ1v) is 8.29. The number of piperidine rings is 1. The molecule has 1 aliphatic carbocycles. The van der Waals surface area contributed by atoms with Crippen molar-refractivity contribution < 1.29 is 18.7 Å². The largest absolute Gasteiger partial charge is 0.371 e. The molecule has 2 aliphatic rings. The monoisotopic (exact) mass is 319 g/mol. The van der Waals surface area contributed by atoms with Crippen molar-refractivity contribution in [1.82, 2.24) is 4.90 Å². The summed E-state index contributed by atoms with van der Waals surface area (Å²) in [5, 5.41) is 0. The standard InChI is InChI=1S/C18H22FNO3/c19-16-7-5-14(6-8-16)18(22)15-2-1-9-20(10-15)17(21)12-23-11-13-3-4-13/h5-8,13,15H,1-4,9-12H2/t15-/m0/s1. The number of hydrogen-bond acceptors (Lipinski definition) is 3. The van der Waals surface area contributed by atoms with Crippen LogP contribution in [-0.4, -0.2) is 42.9 Å². The molecule has 1 saturated heterocycles. The fourth-order valence-electron chi connectivity index (χ4n) is 2.96. The van der Waals surface area contributed by atoms with Crippen molar-refractivity contribution in [1.29, 1.82) is 0 Å². The van der Waals surface area contributed by atoms with E-state index in [9.17, 15) is 14.0 Å². The summed E-state index contributed by atoms with van der Waals surface area (Å²) in [5.41, 5.74) is 0.510. The van der Waals surface area contributed by atoms with E-state index in [1.54, 1.807) is 4.90 Å². The minimum absolute atomic E-state index is 0.0126. The van der Waals surface area contributed by atoms with E-state index >= 15 is 0 Å². The Bertz CT molecular complexity index is 568. The molecule has 1 aromatic rings. The Morgan fingerprint density at radius 2 is 1.91 bits per heavy atom. The predicted octanol–water partition coefficient (Wildman–Crippen LogP) is 2.67. The summed E-state index contributed by atoms with van der Waals surface area (Å²) in [7, 11) is 0. The van der Waals surface area contributed by atoms with Crippen molar-refractivity contribution in [2.24, 2.45) is 11.8 Å². The molecule has 0 N–H and O–H groups in total. The highest BCUT2D eigenvalue weighted by Crippen LogP contribution is 2.28. The van der Waals surface area contributed by atoms with Crippen LogP contribution in [0.15, 0.2) is 24.3 Å². The first-order valence-electron chi connectivity index (χ1n) is 8.29. The van der Waals surface area contributed by atoms with Crippen LogP contribution in [0.4, 0.5) is 4.39 Å². The third-order valence-corrected chi connectivity index (χ3v) is 4.55. The Hall–Kier alpha value is -1.75. The molecule has 0 radical (unpaired) electrons. The van der Waals surface area contributed by atoms with Crippen molar-refractivity contribution in [2.75, 3.05) is 26.3 Å². The van der Waals surface area contributed by atoms with E-state index in [4.69, 9.17) is 4.74 Å². The number of carbonyl (C=O) groups is 2. The van der Waals surface area contributed by atoms with Crippen LogP contribution in [0.1, 0.15) is 36.0 Å². The molecular formula is C18H22FNO3. The van der Waals surface area contributed by atoms with Gasteiger partial charge in [0, 0.05) is 24.6 Å². The number of hydrogen-bond donors (Lipinski definition) is 0. The third kappa shape index (κ3) is 4.38. The first kappa shape index (κ1) is 16.1. The number of ketones is 1. The number of likely N-dealkylation sites (tertiary alicyclic amines) is 1. The number of rotatable bonds is 6. The summed E-state index contributed by atoms with van der Waals surface area (Å²) in [6.07, 6.45) is 3.98. The molecule has 2 fully saturated rings. The van der Waals surface area contributed by atoms with Crippen LogP contribution in [0.25, 0.3) is 0 Å². The number of ether oxygens (including phenoxy) is 1. The van der Waals surface area contributed by atoms with Gasteiger partial charge in [0.15, 0.2) is 5.78 Å². The lowest BCUT2D eigenvalue weighted by Crippen LogP contribution is -2.44. The van der Waals surface area contributed by atoms with Gasteiger partial charge in [0.2, 0.25) is 5.91 Å². The van der Waals surface area contributed by atoms with Crippen molar-refractivity contribution in [3.63, 3.8) is 0 Å². The summed E-state index contributed by atoms with van der Waals surface area (Å²) in [6, 6.07) is 5.61. The SMILES string of the molecule is O=C(c1ccc(F)cc1)[C@H]1CCCN(C(=O)COCC2CC2)C1. The minimum Gasteiger partial charge on any atom is -0.371 e. The third-order valence-electron chi connectivity index (χ3n) is 4.55. The average Bonchev–Trinajstić information content (AvgIpc) is 3.39. The zero-order valence-corrected chi connectivity index (χ0v) is 13.2. The van der Waals surface area contributed by atoms with E-state index in [2.05, 4.69) is 0 Å². The first-order chi connectivity index (χ1) is 11.1. The van der Waals surface area contributed by atoms with E-state index in [0.29, 0.717) is 31.2 Å². The smallest absolute Gasteiger partial charge is 0.248 e. The normalized spacial score (nSPS) is 21.3. The summed E-state index contributed by atoms with van der Waals surface area (Å²) < 4.78 is 18.4. The number of nitrogens with zero attached hydrogens (tertiary/aromatic N) is 1. The van der Waals surface area contributed by atoms with Crippen molar-refractivity contribution in [2.45, 2.75) is 25.7 Å². The van der Waals surface area contributed by atoms with Crippen LogP contribution in [0.2, 0.25) is 0 Å². The molecule has 1 atom stereocenters.